The summed E-state index contributed by atoms with van der Waals surface area (Å²) in [6.07, 6.45) is 1.96. The van der Waals surface area contributed by atoms with Crippen LogP contribution in [0.4, 0.5) is 0 Å². The molecule has 1 fully saturated rings. The van der Waals surface area contributed by atoms with Crippen molar-refractivity contribution in [1.29, 1.82) is 0 Å². The normalized spacial score (nSPS) is 28.1. The molecule has 0 saturated carbocycles. The molecular formula is C13H16BrNO2. The van der Waals surface area contributed by atoms with E-state index in [4.69, 9.17) is 4.74 Å². The minimum Gasteiger partial charge on any atom is -0.488 e. The monoisotopic (exact) mass is 297 g/mol. The maximum Gasteiger partial charge on any atom is 0.123 e. The fourth-order valence-electron chi connectivity index (χ4n) is 2.66. The SMILES string of the molecule is O[C@H]1CCN(CC2Cc3cc(Br)ccc3O2)C1. The third-order valence-electron chi connectivity index (χ3n) is 3.47. The number of rotatable bonds is 2. The lowest BCUT2D eigenvalue weighted by molar-refractivity contribution is 0.142. The van der Waals surface area contributed by atoms with Crippen LogP contribution in [-0.2, 0) is 6.42 Å². The summed E-state index contributed by atoms with van der Waals surface area (Å²) < 4.78 is 7.02. The van der Waals surface area contributed by atoms with Gasteiger partial charge in [-0.25, -0.2) is 0 Å². The van der Waals surface area contributed by atoms with Crippen molar-refractivity contribution in [2.24, 2.45) is 0 Å². The lowest BCUT2D eigenvalue weighted by Crippen LogP contribution is -2.33. The van der Waals surface area contributed by atoms with E-state index in [1.807, 2.05) is 12.1 Å². The first kappa shape index (κ1) is 11.5. The van der Waals surface area contributed by atoms with Crippen LogP contribution in [0.1, 0.15) is 12.0 Å². The van der Waals surface area contributed by atoms with Crippen LogP contribution in [0.15, 0.2) is 22.7 Å². The molecule has 1 unspecified atom stereocenters. The van der Waals surface area contributed by atoms with Gasteiger partial charge < -0.3 is 9.84 Å². The van der Waals surface area contributed by atoms with Crippen LogP contribution in [0.3, 0.4) is 0 Å². The van der Waals surface area contributed by atoms with Gasteiger partial charge in [-0.15, -0.1) is 0 Å². The van der Waals surface area contributed by atoms with Crippen molar-refractivity contribution >= 4 is 15.9 Å². The van der Waals surface area contributed by atoms with Crippen LogP contribution in [0.2, 0.25) is 0 Å². The summed E-state index contributed by atoms with van der Waals surface area (Å²) in [6.45, 7) is 2.70. The molecule has 0 bridgehead atoms. The number of likely N-dealkylation sites (tertiary alicyclic amines) is 1. The number of β-amino-alcohol motifs (C(OH)–C–C–N with tert-alkyl or cyclic N) is 1. The Hall–Kier alpha value is -0.580. The molecule has 0 aromatic heterocycles. The van der Waals surface area contributed by atoms with Crippen molar-refractivity contribution in [2.45, 2.75) is 25.0 Å². The van der Waals surface area contributed by atoms with Crippen LogP contribution in [0, 0.1) is 0 Å². The van der Waals surface area contributed by atoms with E-state index in [0.29, 0.717) is 0 Å². The lowest BCUT2D eigenvalue weighted by atomic mass is 10.1. The Bertz CT molecular complexity index is 424. The first-order chi connectivity index (χ1) is 8.20. The molecule has 1 aromatic rings. The van der Waals surface area contributed by atoms with Gasteiger partial charge in [0.1, 0.15) is 11.9 Å². The smallest absolute Gasteiger partial charge is 0.123 e. The van der Waals surface area contributed by atoms with Gasteiger partial charge in [-0.1, -0.05) is 15.9 Å². The van der Waals surface area contributed by atoms with Gasteiger partial charge in [0, 0.05) is 30.5 Å². The first-order valence-corrected chi connectivity index (χ1v) is 6.85. The summed E-state index contributed by atoms with van der Waals surface area (Å²) >= 11 is 3.48. The number of halogens is 1. The second-order valence-corrected chi connectivity index (χ2v) is 5.81. The molecule has 2 heterocycles. The van der Waals surface area contributed by atoms with Gasteiger partial charge in [-0.3, -0.25) is 4.90 Å². The molecule has 1 N–H and O–H groups in total. The van der Waals surface area contributed by atoms with Gasteiger partial charge in [-0.2, -0.15) is 0 Å². The molecule has 3 nitrogen and oxygen atoms in total. The van der Waals surface area contributed by atoms with Gasteiger partial charge in [0.15, 0.2) is 0 Å². The summed E-state index contributed by atoms with van der Waals surface area (Å²) in [5.74, 6) is 1.01. The molecule has 0 spiro atoms. The molecule has 0 radical (unpaired) electrons. The van der Waals surface area contributed by atoms with Crippen molar-refractivity contribution in [1.82, 2.24) is 4.90 Å². The fourth-order valence-corrected chi connectivity index (χ4v) is 3.07. The van der Waals surface area contributed by atoms with Crippen molar-refractivity contribution in [3.63, 3.8) is 0 Å². The molecule has 0 aliphatic carbocycles. The van der Waals surface area contributed by atoms with E-state index >= 15 is 0 Å². The van der Waals surface area contributed by atoms with Gasteiger partial charge in [0.05, 0.1) is 6.10 Å². The van der Waals surface area contributed by atoms with E-state index in [2.05, 4.69) is 26.9 Å². The van der Waals surface area contributed by atoms with Crippen molar-refractivity contribution in [3.05, 3.63) is 28.2 Å². The van der Waals surface area contributed by atoms with Crippen LogP contribution in [-0.4, -0.2) is 41.8 Å². The predicted octanol–water partition coefficient (Wildman–Crippen LogP) is 1.82. The Labute approximate surface area is 110 Å². The molecule has 17 heavy (non-hydrogen) atoms. The summed E-state index contributed by atoms with van der Waals surface area (Å²) in [7, 11) is 0. The van der Waals surface area contributed by atoms with Gasteiger partial charge in [0.25, 0.3) is 0 Å². The zero-order valence-corrected chi connectivity index (χ0v) is 11.2. The first-order valence-electron chi connectivity index (χ1n) is 6.06. The van der Waals surface area contributed by atoms with E-state index in [1.165, 1.54) is 5.56 Å². The van der Waals surface area contributed by atoms with E-state index in [9.17, 15) is 5.11 Å². The highest BCUT2D eigenvalue weighted by atomic mass is 79.9. The van der Waals surface area contributed by atoms with Crippen LogP contribution in [0.5, 0.6) is 5.75 Å². The molecule has 2 aliphatic heterocycles. The average Bonchev–Trinajstić information content (AvgIpc) is 2.84. The molecule has 2 aliphatic rings. The van der Waals surface area contributed by atoms with Gasteiger partial charge >= 0.3 is 0 Å². The van der Waals surface area contributed by atoms with Crippen molar-refractivity contribution in [3.8, 4) is 5.75 Å². The minimum atomic E-state index is -0.145. The van der Waals surface area contributed by atoms with Crippen molar-refractivity contribution < 1.29 is 9.84 Å². The number of aliphatic hydroxyl groups excluding tert-OH is 1. The Morgan fingerprint density at radius 2 is 2.35 bits per heavy atom. The topological polar surface area (TPSA) is 32.7 Å². The molecule has 0 amide bonds. The maximum atomic E-state index is 9.49. The molecular weight excluding hydrogens is 282 g/mol. The molecule has 3 rings (SSSR count). The van der Waals surface area contributed by atoms with E-state index < -0.39 is 0 Å². The summed E-state index contributed by atoms with van der Waals surface area (Å²) in [4.78, 5) is 2.29. The van der Waals surface area contributed by atoms with E-state index in [-0.39, 0.29) is 12.2 Å². The highest BCUT2D eigenvalue weighted by Gasteiger charge is 2.28. The Morgan fingerprint density at radius 1 is 1.47 bits per heavy atom. The quantitative estimate of drug-likeness (QED) is 0.904. The van der Waals surface area contributed by atoms with E-state index in [0.717, 1.165) is 42.7 Å². The third kappa shape index (κ3) is 2.49. The van der Waals surface area contributed by atoms with Gasteiger partial charge in [0.2, 0.25) is 0 Å². The zero-order valence-electron chi connectivity index (χ0n) is 9.60. The summed E-state index contributed by atoms with van der Waals surface area (Å²) in [5, 5.41) is 9.49. The Morgan fingerprint density at radius 3 is 3.12 bits per heavy atom. The largest absolute Gasteiger partial charge is 0.488 e. The van der Waals surface area contributed by atoms with Crippen LogP contribution < -0.4 is 4.74 Å². The summed E-state index contributed by atoms with van der Waals surface area (Å²) in [6, 6.07) is 6.17. The number of benzene rings is 1. The third-order valence-corrected chi connectivity index (χ3v) is 3.97. The molecule has 92 valence electrons. The van der Waals surface area contributed by atoms with Crippen molar-refractivity contribution in [2.75, 3.05) is 19.6 Å². The molecule has 1 saturated heterocycles. The van der Waals surface area contributed by atoms with Gasteiger partial charge in [-0.05, 0) is 30.2 Å². The number of nitrogens with zero attached hydrogens (tertiary/aromatic N) is 1. The second kappa shape index (κ2) is 4.59. The number of aliphatic hydroxyl groups is 1. The number of fused-ring (bicyclic) bond motifs is 1. The molecule has 2 atom stereocenters. The lowest BCUT2D eigenvalue weighted by Gasteiger charge is -2.19. The maximum absolute atomic E-state index is 9.49. The zero-order chi connectivity index (χ0) is 11.8. The van der Waals surface area contributed by atoms with Crippen LogP contribution in [0.25, 0.3) is 0 Å². The molecule has 4 heteroatoms. The van der Waals surface area contributed by atoms with E-state index in [1.54, 1.807) is 0 Å². The fraction of sp³-hybridized carbons (Fsp3) is 0.538. The standard InChI is InChI=1S/C13H16BrNO2/c14-10-1-2-13-9(5-10)6-12(17-13)8-15-4-3-11(16)7-15/h1-2,5,11-12,16H,3-4,6-8H2/t11-,12?/m0/s1. The molecule has 1 aromatic carbocycles. The Kier molecular flexibility index (Phi) is 3.11. The number of hydrogen-bond acceptors (Lipinski definition) is 3. The Balaban J connectivity index is 1.62. The minimum absolute atomic E-state index is 0.145. The second-order valence-electron chi connectivity index (χ2n) is 4.90. The number of ether oxygens (including phenoxy) is 1. The average molecular weight is 298 g/mol. The summed E-state index contributed by atoms with van der Waals surface area (Å²) in [5.41, 5.74) is 1.28. The highest BCUT2D eigenvalue weighted by Crippen LogP contribution is 2.31. The highest BCUT2D eigenvalue weighted by molar-refractivity contribution is 9.10. The van der Waals surface area contributed by atoms with Crippen LogP contribution >= 0.6 is 15.9 Å². The number of hydrogen-bond donors (Lipinski definition) is 1. The predicted molar refractivity (Wildman–Crippen MR) is 69.3 cm³/mol.